The average molecular weight is 427 g/mol. The van der Waals surface area contributed by atoms with Gasteiger partial charge in [-0.3, -0.25) is 9.59 Å². The summed E-state index contributed by atoms with van der Waals surface area (Å²) in [4.78, 5) is 38.9. The van der Waals surface area contributed by atoms with E-state index in [4.69, 9.17) is 4.74 Å². The lowest BCUT2D eigenvalue weighted by molar-refractivity contribution is -0.119. The summed E-state index contributed by atoms with van der Waals surface area (Å²) in [5.74, 6) is -0.473. The fourth-order valence-electron chi connectivity index (χ4n) is 3.72. The molecule has 0 bridgehead atoms. The number of carbonyl (C=O) groups is 3. The lowest BCUT2D eigenvalue weighted by Crippen LogP contribution is -2.27. The van der Waals surface area contributed by atoms with Crippen LogP contribution in [0.3, 0.4) is 0 Å². The number of amides is 2. The van der Waals surface area contributed by atoms with Crippen molar-refractivity contribution >= 4 is 34.8 Å². The summed E-state index contributed by atoms with van der Waals surface area (Å²) in [5, 5.41) is 5.59. The molecule has 0 spiro atoms. The van der Waals surface area contributed by atoms with Crippen LogP contribution in [0.1, 0.15) is 63.1 Å². The Kier molecular flexibility index (Phi) is 6.18. The highest BCUT2D eigenvalue weighted by Crippen LogP contribution is 2.33. The summed E-state index contributed by atoms with van der Waals surface area (Å²) in [6.45, 7) is 1.81. The SMILES string of the molecule is CCC1CCc2sc(C(=O)OCC(=O)Nc3ccccc3C(=O)NC3CC3)cc2C1. The standard InChI is InChI=1S/C23H26N2O4S/c1-2-14-7-10-19-15(11-14)12-20(30-19)23(28)29-13-21(26)25-18-6-4-3-5-17(18)22(27)24-16-8-9-16/h3-6,12,14,16H,2,7-11,13H2,1H3,(H,24,27)(H,25,26). The molecular formula is C23H26N2O4S. The molecule has 1 unspecified atom stereocenters. The third-order valence-electron chi connectivity index (χ3n) is 5.66. The first kappa shape index (κ1) is 20.6. The highest BCUT2D eigenvalue weighted by molar-refractivity contribution is 7.14. The molecule has 0 radical (unpaired) electrons. The molecule has 30 heavy (non-hydrogen) atoms. The topological polar surface area (TPSA) is 84.5 Å². The van der Waals surface area contributed by atoms with Gasteiger partial charge in [-0.05, 0) is 61.8 Å². The van der Waals surface area contributed by atoms with Crippen molar-refractivity contribution in [2.24, 2.45) is 5.92 Å². The normalized spacial score (nSPS) is 17.7. The number of fused-ring (bicyclic) bond motifs is 1. The van der Waals surface area contributed by atoms with Crippen molar-refractivity contribution in [3.8, 4) is 0 Å². The first-order chi connectivity index (χ1) is 14.5. The van der Waals surface area contributed by atoms with E-state index in [1.807, 2.05) is 6.07 Å². The molecule has 158 valence electrons. The molecule has 2 N–H and O–H groups in total. The van der Waals surface area contributed by atoms with Gasteiger partial charge in [0.05, 0.1) is 11.3 Å². The van der Waals surface area contributed by atoms with Crippen LogP contribution < -0.4 is 10.6 Å². The van der Waals surface area contributed by atoms with E-state index in [0.29, 0.717) is 22.0 Å². The Balaban J connectivity index is 1.33. The van der Waals surface area contributed by atoms with Gasteiger partial charge >= 0.3 is 5.97 Å². The van der Waals surface area contributed by atoms with E-state index in [1.54, 1.807) is 24.3 Å². The van der Waals surface area contributed by atoms with E-state index < -0.39 is 18.5 Å². The number of ether oxygens (including phenoxy) is 1. The van der Waals surface area contributed by atoms with Gasteiger partial charge in [-0.1, -0.05) is 25.5 Å². The molecule has 1 aromatic carbocycles. The van der Waals surface area contributed by atoms with Crippen LogP contribution in [0, 0.1) is 5.92 Å². The van der Waals surface area contributed by atoms with Crippen LogP contribution in [0.25, 0.3) is 0 Å². The van der Waals surface area contributed by atoms with Gasteiger partial charge in [0.2, 0.25) is 0 Å². The Bertz CT molecular complexity index is 964. The fourth-order valence-corrected chi connectivity index (χ4v) is 4.82. The second kappa shape index (κ2) is 9.00. The molecule has 2 aromatic rings. The quantitative estimate of drug-likeness (QED) is 0.657. The Labute approximate surface area is 180 Å². The minimum absolute atomic E-state index is 0.208. The van der Waals surface area contributed by atoms with E-state index in [0.717, 1.165) is 38.5 Å². The minimum atomic E-state index is -0.475. The molecule has 6 nitrogen and oxygen atoms in total. The van der Waals surface area contributed by atoms with Crippen LogP contribution in [0.15, 0.2) is 30.3 Å². The number of para-hydroxylation sites is 1. The van der Waals surface area contributed by atoms with Crippen molar-refractivity contribution in [3.63, 3.8) is 0 Å². The molecule has 4 rings (SSSR count). The lowest BCUT2D eigenvalue weighted by atomic mass is 9.87. The second-order valence-corrected chi connectivity index (χ2v) is 9.13. The predicted octanol–water partition coefficient (Wildman–Crippen LogP) is 3.95. The first-order valence-electron chi connectivity index (χ1n) is 10.5. The maximum Gasteiger partial charge on any atom is 0.348 e. The van der Waals surface area contributed by atoms with Gasteiger partial charge in [-0.15, -0.1) is 11.3 Å². The van der Waals surface area contributed by atoms with Crippen molar-refractivity contribution in [3.05, 3.63) is 51.2 Å². The van der Waals surface area contributed by atoms with Gasteiger partial charge in [0, 0.05) is 10.9 Å². The van der Waals surface area contributed by atoms with Crippen LogP contribution in [-0.4, -0.2) is 30.4 Å². The highest BCUT2D eigenvalue weighted by Gasteiger charge is 2.25. The largest absolute Gasteiger partial charge is 0.451 e. The Morgan fingerprint density at radius 2 is 1.97 bits per heavy atom. The smallest absolute Gasteiger partial charge is 0.348 e. The van der Waals surface area contributed by atoms with Gasteiger partial charge < -0.3 is 15.4 Å². The van der Waals surface area contributed by atoms with Crippen molar-refractivity contribution in [1.29, 1.82) is 0 Å². The molecule has 1 aromatic heterocycles. The Morgan fingerprint density at radius 3 is 2.73 bits per heavy atom. The van der Waals surface area contributed by atoms with Gasteiger partial charge in [0.25, 0.3) is 11.8 Å². The van der Waals surface area contributed by atoms with Crippen molar-refractivity contribution in [1.82, 2.24) is 5.32 Å². The Hall–Kier alpha value is -2.67. The number of carbonyl (C=O) groups excluding carboxylic acids is 3. The average Bonchev–Trinajstić information content (AvgIpc) is 3.46. The molecule has 1 fully saturated rings. The zero-order valence-electron chi connectivity index (χ0n) is 17.0. The van der Waals surface area contributed by atoms with E-state index in [9.17, 15) is 14.4 Å². The number of benzene rings is 1. The number of hydrogen-bond donors (Lipinski definition) is 2. The van der Waals surface area contributed by atoms with Crippen LogP contribution in [0.2, 0.25) is 0 Å². The van der Waals surface area contributed by atoms with Crippen LogP contribution >= 0.6 is 11.3 Å². The summed E-state index contributed by atoms with van der Waals surface area (Å²) in [6, 6.07) is 8.97. The van der Waals surface area contributed by atoms with Crippen molar-refractivity contribution in [2.45, 2.75) is 51.5 Å². The molecule has 2 aliphatic rings. The monoisotopic (exact) mass is 426 g/mol. The third kappa shape index (κ3) is 4.90. The number of anilines is 1. The van der Waals surface area contributed by atoms with Crippen LogP contribution in [-0.2, 0) is 22.4 Å². The summed E-state index contributed by atoms with van der Waals surface area (Å²) in [7, 11) is 0. The number of aryl methyl sites for hydroxylation is 1. The molecule has 2 aliphatic carbocycles. The van der Waals surface area contributed by atoms with Crippen molar-refractivity contribution < 1.29 is 19.1 Å². The van der Waals surface area contributed by atoms with E-state index in [-0.39, 0.29) is 11.9 Å². The Morgan fingerprint density at radius 1 is 1.17 bits per heavy atom. The zero-order valence-corrected chi connectivity index (χ0v) is 17.8. The summed E-state index contributed by atoms with van der Waals surface area (Å²) < 4.78 is 5.23. The lowest BCUT2D eigenvalue weighted by Gasteiger charge is -2.19. The van der Waals surface area contributed by atoms with Gasteiger partial charge in [0.1, 0.15) is 4.88 Å². The molecule has 1 heterocycles. The van der Waals surface area contributed by atoms with Crippen molar-refractivity contribution in [2.75, 3.05) is 11.9 Å². The molecule has 7 heteroatoms. The number of thiophene rings is 1. The van der Waals surface area contributed by atoms with E-state index in [2.05, 4.69) is 17.6 Å². The van der Waals surface area contributed by atoms with Crippen LogP contribution in [0.4, 0.5) is 5.69 Å². The highest BCUT2D eigenvalue weighted by atomic mass is 32.1. The predicted molar refractivity (Wildman–Crippen MR) is 116 cm³/mol. The maximum absolute atomic E-state index is 12.4. The summed E-state index contributed by atoms with van der Waals surface area (Å²) >= 11 is 1.47. The van der Waals surface area contributed by atoms with Crippen LogP contribution in [0.5, 0.6) is 0 Å². The summed E-state index contributed by atoms with van der Waals surface area (Å²) in [5.41, 5.74) is 2.06. The second-order valence-electron chi connectivity index (χ2n) is 7.99. The number of hydrogen-bond acceptors (Lipinski definition) is 5. The molecule has 1 saturated carbocycles. The molecule has 0 aliphatic heterocycles. The van der Waals surface area contributed by atoms with E-state index >= 15 is 0 Å². The molecule has 0 saturated heterocycles. The molecule has 2 amide bonds. The molecular weight excluding hydrogens is 400 g/mol. The summed E-state index contributed by atoms with van der Waals surface area (Å²) in [6.07, 6.45) is 6.30. The van der Waals surface area contributed by atoms with Gasteiger partial charge in [-0.2, -0.15) is 0 Å². The van der Waals surface area contributed by atoms with E-state index in [1.165, 1.54) is 21.8 Å². The first-order valence-corrected chi connectivity index (χ1v) is 11.3. The third-order valence-corrected chi connectivity index (χ3v) is 6.87. The maximum atomic E-state index is 12.4. The fraction of sp³-hybridized carbons (Fsp3) is 0.435. The van der Waals surface area contributed by atoms with Gasteiger partial charge in [0.15, 0.2) is 6.61 Å². The number of esters is 1. The zero-order chi connectivity index (χ0) is 21.1. The number of rotatable bonds is 7. The number of nitrogens with one attached hydrogen (secondary N) is 2. The minimum Gasteiger partial charge on any atom is -0.451 e. The van der Waals surface area contributed by atoms with Gasteiger partial charge in [-0.25, -0.2) is 4.79 Å². The molecule has 1 atom stereocenters.